The Hall–Kier alpha value is -1.47. The number of nitrogens with zero attached hydrogens (tertiary/aromatic N) is 2. The molecule has 0 aliphatic carbocycles. The van der Waals surface area contributed by atoms with Crippen LogP contribution in [0.5, 0.6) is 0 Å². The Morgan fingerprint density at radius 1 is 0.644 bits per heavy atom. The molecule has 2 aromatic carbocycles. The van der Waals surface area contributed by atoms with Crippen molar-refractivity contribution in [2.75, 3.05) is 0 Å². The number of hydrogen-bond acceptors (Lipinski definition) is 0. The first-order chi connectivity index (χ1) is 22.1. The van der Waals surface area contributed by atoms with Gasteiger partial charge >= 0.3 is 39.3 Å². The molecule has 5 heteroatoms. The first-order valence-electron chi connectivity index (χ1n) is 17.5. The fraction of sp³-hybridized carbons (Fsp3) is 0.550. The molecule has 0 atom stereocenters. The van der Waals surface area contributed by atoms with E-state index in [4.69, 9.17) is 0 Å². The summed E-state index contributed by atoms with van der Waals surface area (Å²) in [7, 11) is 1.25. The maximum absolute atomic E-state index is 11.9. The molecule has 3 rings (SSSR count). The zero-order valence-corrected chi connectivity index (χ0v) is 32.5. The number of benzene rings is 2. The molecular weight excluding hydrogens is 727 g/mol. The van der Waals surface area contributed by atoms with Crippen LogP contribution < -0.4 is 0 Å². The number of aryl methyl sites for hydroxylation is 2. The predicted octanol–water partition coefficient (Wildman–Crippen LogP) is 14.0. The fourth-order valence-electron chi connectivity index (χ4n) is 5.97. The predicted molar refractivity (Wildman–Crippen MR) is 200 cm³/mol. The maximum atomic E-state index is 11.9. The topological polar surface area (TPSA) is 25.3 Å². The fourth-order valence-corrected chi connectivity index (χ4v) is 5.97. The molecule has 0 aromatic heterocycles. The van der Waals surface area contributed by atoms with Crippen molar-refractivity contribution in [1.82, 2.24) is 0 Å². The van der Waals surface area contributed by atoms with Gasteiger partial charge in [0.25, 0.3) is 0 Å². The first kappa shape index (κ1) is 39.7. The van der Waals surface area contributed by atoms with Crippen molar-refractivity contribution < 1.29 is 15.6 Å². The summed E-state index contributed by atoms with van der Waals surface area (Å²) < 4.78 is 1.48. The first-order valence-corrected chi connectivity index (χ1v) is 22.4. The average molecular weight is 783 g/mol. The summed E-state index contributed by atoms with van der Waals surface area (Å²) in [5, 5.41) is 0. The molecule has 0 amide bonds. The van der Waals surface area contributed by atoms with E-state index in [0.29, 0.717) is 0 Å². The van der Waals surface area contributed by atoms with Gasteiger partial charge in [0.2, 0.25) is 11.4 Å². The summed E-state index contributed by atoms with van der Waals surface area (Å²) in [6.07, 6.45) is 21.5. The molecular formula is C40H56Br2N2Ni. The molecule has 1 aliphatic rings. The van der Waals surface area contributed by atoms with Crippen molar-refractivity contribution in [3.05, 3.63) is 87.5 Å². The van der Waals surface area contributed by atoms with Gasteiger partial charge in [-0.2, -0.15) is 0 Å². The molecule has 45 heavy (non-hydrogen) atoms. The third kappa shape index (κ3) is 14.0. The van der Waals surface area contributed by atoms with E-state index in [1.54, 1.807) is 0 Å². The molecule has 1 heterocycles. The molecule has 0 spiro atoms. The number of unbranched alkanes of at least 4 members (excludes halogenated alkanes) is 12. The van der Waals surface area contributed by atoms with Crippen LogP contribution in [-0.4, -0.2) is 4.70 Å². The third-order valence-electron chi connectivity index (χ3n) is 8.53. The molecule has 0 saturated carbocycles. The molecule has 1 aliphatic heterocycles. The number of allylic oxidation sites excluding steroid dienone is 2. The molecule has 0 fully saturated rings. The Morgan fingerprint density at radius 2 is 1.18 bits per heavy atom. The zero-order valence-electron chi connectivity index (χ0n) is 28.3. The summed E-state index contributed by atoms with van der Waals surface area (Å²) >= 11 is 6.00. The van der Waals surface area contributed by atoms with E-state index in [9.17, 15) is 5.53 Å². The Kier molecular flexibility index (Phi) is 21.8. The van der Waals surface area contributed by atoms with E-state index in [2.05, 4.69) is 117 Å². The SMILES string of the molecule is CCCCCCCCCCC#CC1=C(c2cccc(CC)c2)[N+](=[N-])C(c2cccc(CCCC)c2)=C1CCCCCC.[Br][Ni][Br]. The number of hydrogen-bond donors (Lipinski definition) is 0. The summed E-state index contributed by atoms with van der Waals surface area (Å²) in [6.45, 7) is 8.97. The van der Waals surface area contributed by atoms with Crippen LogP contribution in [0.2, 0.25) is 0 Å². The van der Waals surface area contributed by atoms with Gasteiger partial charge in [-0.25, -0.2) is 4.70 Å². The van der Waals surface area contributed by atoms with Crippen molar-refractivity contribution in [2.24, 2.45) is 0 Å². The number of rotatable bonds is 19. The van der Waals surface area contributed by atoms with Gasteiger partial charge in [0, 0.05) is 23.1 Å². The van der Waals surface area contributed by atoms with Gasteiger partial charge in [-0.05, 0) is 73.9 Å². The van der Waals surface area contributed by atoms with Crippen LogP contribution in [0, 0.1) is 11.8 Å². The summed E-state index contributed by atoms with van der Waals surface area (Å²) in [5.41, 5.74) is 20.7. The van der Waals surface area contributed by atoms with Gasteiger partial charge in [0.15, 0.2) is 0 Å². The second-order valence-corrected chi connectivity index (χ2v) is 17.1. The van der Waals surface area contributed by atoms with Gasteiger partial charge in [0.05, 0.1) is 0 Å². The van der Waals surface area contributed by atoms with Gasteiger partial charge in [-0.3, -0.25) is 0 Å². The van der Waals surface area contributed by atoms with Crippen molar-refractivity contribution in [1.29, 1.82) is 0 Å². The molecule has 0 saturated heterocycles. The minimum absolute atomic E-state index is 0.855. The standard InChI is InChI=1S/C40H56N2.2BrH.Ni/c1-5-9-12-14-15-16-17-18-19-21-30-38-37(29-20-13-10-6-2)40(36-28-23-26-34(32-36)24-11-7-3)42(41)39(38)35-27-22-25-33(8-4)31-35;;;/h22-23,25-28,31-32H,5-20,24,29H2,1-4H3;2*1H;/q;;;+2/p-2. The van der Waals surface area contributed by atoms with Gasteiger partial charge in [-0.15, -0.1) is 0 Å². The van der Waals surface area contributed by atoms with Gasteiger partial charge in [-0.1, -0.05) is 134 Å². The Labute approximate surface area is 296 Å². The summed E-state index contributed by atoms with van der Waals surface area (Å²) in [5.74, 6) is 7.18. The normalized spacial score (nSPS) is 12.8. The van der Waals surface area contributed by atoms with Crippen molar-refractivity contribution >= 4 is 39.8 Å². The van der Waals surface area contributed by atoms with Crippen LogP contribution >= 0.6 is 28.5 Å². The van der Waals surface area contributed by atoms with E-state index in [0.717, 1.165) is 66.6 Å². The quantitative estimate of drug-likeness (QED) is 0.0587. The van der Waals surface area contributed by atoms with Crippen LogP contribution in [0.3, 0.4) is 0 Å². The molecule has 0 radical (unpaired) electrons. The third-order valence-corrected chi connectivity index (χ3v) is 8.53. The van der Waals surface area contributed by atoms with Crippen molar-refractivity contribution in [3.63, 3.8) is 0 Å². The Balaban J connectivity index is 0.00000226. The van der Waals surface area contributed by atoms with Crippen molar-refractivity contribution in [2.45, 2.75) is 143 Å². The van der Waals surface area contributed by atoms with Crippen LogP contribution in [0.25, 0.3) is 16.9 Å². The van der Waals surface area contributed by atoms with E-state index >= 15 is 0 Å². The van der Waals surface area contributed by atoms with E-state index in [-0.39, 0.29) is 0 Å². The van der Waals surface area contributed by atoms with Crippen LogP contribution in [-0.2, 0) is 23.7 Å². The molecule has 2 nitrogen and oxygen atoms in total. The van der Waals surface area contributed by atoms with Gasteiger partial charge < -0.3 is 5.53 Å². The second-order valence-electron chi connectivity index (χ2n) is 12.1. The van der Waals surface area contributed by atoms with Crippen LogP contribution in [0.4, 0.5) is 0 Å². The second kappa shape index (κ2) is 24.7. The zero-order chi connectivity index (χ0) is 32.7. The molecule has 0 N–H and O–H groups in total. The molecule has 0 bridgehead atoms. The summed E-state index contributed by atoms with van der Waals surface area (Å²) in [6, 6.07) is 17.5. The van der Waals surface area contributed by atoms with E-state index in [1.165, 1.54) is 109 Å². The minimum atomic E-state index is 0.855. The van der Waals surface area contributed by atoms with E-state index in [1.807, 2.05) is 0 Å². The summed E-state index contributed by atoms with van der Waals surface area (Å²) in [4.78, 5) is 0. The van der Waals surface area contributed by atoms with Crippen molar-refractivity contribution in [3.8, 4) is 11.8 Å². The molecule has 250 valence electrons. The van der Waals surface area contributed by atoms with Crippen LogP contribution in [0.15, 0.2) is 59.7 Å². The average Bonchev–Trinajstić information content (AvgIpc) is 3.33. The number of halogens is 2. The van der Waals surface area contributed by atoms with Crippen LogP contribution in [0.1, 0.15) is 153 Å². The monoisotopic (exact) mass is 780 g/mol. The van der Waals surface area contributed by atoms with Gasteiger partial charge in [0.1, 0.15) is 5.57 Å². The molecule has 2 aromatic rings. The van der Waals surface area contributed by atoms with E-state index < -0.39 is 0 Å². The Bertz CT molecular complexity index is 1280. The molecule has 0 unspecified atom stereocenters. The Morgan fingerprint density at radius 3 is 1.80 bits per heavy atom.